The Balaban J connectivity index is 1.10. The van der Waals surface area contributed by atoms with Crippen LogP contribution in [0, 0.1) is 5.82 Å². The number of nitrogens with one attached hydrogen (secondary N) is 2. The Morgan fingerprint density at radius 2 is 1.96 bits per heavy atom. The molecule has 5 aliphatic rings. The summed E-state index contributed by atoms with van der Waals surface area (Å²) < 4.78 is 23.6. The first-order valence-corrected chi connectivity index (χ1v) is 18.3. The number of halogens is 1. The number of hydrogen-bond donors (Lipinski definition) is 3. The summed E-state index contributed by atoms with van der Waals surface area (Å²) in [5.74, 6) is 0.196. The zero-order valence-electron chi connectivity index (χ0n) is 28.8. The van der Waals surface area contributed by atoms with Gasteiger partial charge in [0.2, 0.25) is 0 Å². The largest absolute Gasteiger partial charge is 0.508 e. The van der Waals surface area contributed by atoms with Gasteiger partial charge >= 0.3 is 12.0 Å². The number of aromatic nitrogens is 3. The number of piperazine rings is 1. The molecule has 4 fully saturated rings. The number of anilines is 1. The Morgan fingerprint density at radius 3 is 2.78 bits per heavy atom. The number of benzene rings is 2. The summed E-state index contributed by atoms with van der Waals surface area (Å²) >= 11 is 0. The highest BCUT2D eigenvalue weighted by Gasteiger charge is 2.50. The number of rotatable bonds is 7. The van der Waals surface area contributed by atoms with Gasteiger partial charge < -0.3 is 30.3 Å². The predicted molar refractivity (Wildman–Crippen MR) is 190 cm³/mol. The SMILES string of the molecule is CN(C)C(=O)NCC1CCC2(COc3nc(N4CC5CCC(C4)N5)c4cnc(-c5cc(O)cc6ccc7c(c56)CCC7)c(F)c4n3)CCCN12. The summed E-state index contributed by atoms with van der Waals surface area (Å²) in [4.78, 5) is 33.1. The maximum absolute atomic E-state index is 17.1. The van der Waals surface area contributed by atoms with Crippen LogP contribution in [0.5, 0.6) is 11.8 Å². The molecule has 4 atom stereocenters. The van der Waals surface area contributed by atoms with E-state index in [2.05, 4.69) is 26.5 Å². The van der Waals surface area contributed by atoms with Crippen LogP contribution < -0.4 is 20.3 Å². The second kappa shape index (κ2) is 12.2. The number of phenolic OH excluding ortho intramolecular Hbond substituents is 1. The summed E-state index contributed by atoms with van der Waals surface area (Å²) in [6, 6.07) is 8.55. The van der Waals surface area contributed by atoms with Crippen LogP contribution in [0.15, 0.2) is 30.5 Å². The molecule has 3 N–H and O–H groups in total. The standard InChI is InChI=1S/C38H45FN8O3/c1-45(2)37(49)41-17-26-11-13-38(12-4-14-47(26)38)21-50-36-43-34-30(35(44-36)46-19-24-9-10-25(20-46)42-24)18-40-33(32(34)39)29-16-27(48)15-23-8-7-22-5-3-6-28(22)31(23)29/h7-8,15-16,18,24-26,42,48H,3-6,9-14,17,19-21H2,1-2H3,(H,41,49). The lowest BCUT2D eigenvalue weighted by atomic mass is 9.94. The Labute approximate surface area is 291 Å². The van der Waals surface area contributed by atoms with Gasteiger partial charge in [-0.2, -0.15) is 9.97 Å². The van der Waals surface area contributed by atoms with Crippen LogP contribution >= 0.6 is 0 Å². The molecule has 0 radical (unpaired) electrons. The number of aryl methyl sites for hydroxylation is 2. The van der Waals surface area contributed by atoms with E-state index in [1.165, 1.54) is 11.1 Å². The highest BCUT2D eigenvalue weighted by molar-refractivity contribution is 6.02. The molecule has 1 aliphatic carbocycles. The van der Waals surface area contributed by atoms with Crippen molar-refractivity contribution in [3.05, 3.63) is 47.4 Å². The molecule has 11 nitrogen and oxygen atoms in total. The molecule has 4 unspecified atom stereocenters. The molecule has 2 bridgehead atoms. The van der Waals surface area contributed by atoms with Crippen LogP contribution in [0.25, 0.3) is 32.9 Å². The van der Waals surface area contributed by atoms with Crippen molar-refractivity contribution in [1.29, 1.82) is 0 Å². The van der Waals surface area contributed by atoms with E-state index in [9.17, 15) is 9.90 Å². The normalized spacial score (nSPS) is 25.7. The van der Waals surface area contributed by atoms with E-state index in [1.54, 1.807) is 37.3 Å². The van der Waals surface area contributed by atoms with Crippen molar-refractivity contribution in [2.75, 3.05) is 51.8 Å². The van der Waals surface area contributed by atoms with Crippen LogP contribution in [0.1, 0.15) is 56.1 Å². The van der Waals surface area contributed by atoms with E-state index in [4.69, 9.17) is 19.7 Å². The number of carbonyl (C=O) groups excluding carboxylic acids is 1. The third kappa shape index (κ3) is 5.30. The molecule has 2 aromatic carbocycles. The number of pyridine rings is 1. The quantitative estimate of drug-likeness (QED) is 0.254. The van der Waals surface area contributed by atoms with Crippen LogP contribution in [0.2, 0.25) is 0 Å². The summed E-state index contributed by atoms with van der Waals surface area (Å²) in [7, 11) is 3.50. The fraction of sp³-hybridized carbons (Fsp3) is 0.526. The van der Waals surface area contributed by atoms with Crippen molar-refractivity contribution in [3.8, 4) is 23.0 Å². The van der Waals surface area contributed by atoms with Gasteiger partial charge in [0.15, 0.2) is 5.82 Å². The molecule has 0 saturated carbocycles. The lowest BCUT2D eigenvalue weighted by Gasteiger charge is -2.35. The maximum atomic E-state index is 17.1. The number of urea groups is 1. The number of hydrogen-bond acceptors (Lipinski definition) is 9. The Bertz CT molecular complexity index is 1990. The average Bonchev–Trinajstić information content (AvgIpc) is 3.90. The number of ether oxygens (including phenoxy) is 1. The predicted octanol–water partition coefficient (Wildman–Crippen LogP) is 4.77. The third-order valence-corrected chi connectivity index (χ3v) is 12.0. The molecule has 4 saturated heterocycles. The van der Waals surface area contributed by atoms with E-state index >= 15 is 4.39 Å². The topological polar surface area (TPSA) is 119 Å². The molecular weight excluding hydrogens is 635 g/mol. The van der Waals surface area contributed by atoms with Gasteiger partial charge in [-0.25, -0.2) is 9.18 Å². The van der Waals surface area contributed by atoms with Crippen molar-refractivity contribution in [2.24, 2.45) is 0 Å². The van der Waals surface area contributed by atoms with Gasteiger partial charge in [0.05, 0.1) is 10.9 Å². The number of aromatic hydroxyl groups is 1. The number of carbonyl (C=O) groups is 1. The van der Waals surface area contributed by atoms with Crippen LogP contribution in [-0.2, 0) is 12.8 Å². The Hall–Kier alpha value is -4.29. The van der Waals surface area contributed by atoms with Gasteiger partial charge in [-0.05, 0) is 98.4 Å². The number of phenols is 1. The van der Waals surface area contributed by atoms with E-state index in [1.807, 2.05) is 6.07 Å². The summed E-state index contributed by atoms with van der Waals surface area (Å²) in [6.45, 7) is 3.48. The Morgan fingerprint density at radius 1 is 1.12 bits per heavy atom. The third-order valence-electron chi connectivity index (χ3n) is 12.0. The Kier molecular flexibility index (Phi) is 7.72. The van der Waals surface area contributed by atoms with Gasteiger partial charge in [0, 0.05) is 63.6 Å². The fourth-order valence-electron chi connectivity index (χ4n) is 9.61. The van der Waals surface area contributed by atoms with Crippen LogP contribution in [0.4, 0.5) is 15.0 Å². The summed E-state index contributed by atoms with van der Waals surface area (Å²) in [5, 5.41) is 19.9. The molecule has 0 spiro atoms. The second-order valence-electron chi connectivity index (χ2n) is 15.3. The second-order valence-corrected chi connectivity index (χ2v) is 15.3. The van der Waals surface area contributed by atoms with Crippen molar-refractivity contribution in [1.82, 2.24) is 35.4 Å². The lowest BCUT2D eigenvalue weighted by molar-refractivity contribution is 0.0845. The average molecular weight is 681 g/mol. The van der Waals surface area contributed by atoms with Crippen molar-refractivity contribution < 1.29 is 19.0 Å². The van der Waals surface area contributed by atoms with E-state index < -0.39 is 5.82 Å². The molecule has 2 aromatic heterocycles. The first-order valence-electron chi connectivity index (χ1n) is 18.3. The minimum Gasteiger partial charge on any atom is -0.508 e. The maximum Gasteiger partial charge on any atom is 0.319 e. The first-order chi connectivity index (χ1) is 24.3. The van der Waals surface area contributed by atoms with Crippen LogP contribution in [-0.4, -0.2) is 106 Å². The van der Waals surface area contributed by atoms with E-state index in [0.29, 0.717) is 42.0 Å². The minimum absolute atomic E-state index is 0.0759. The number of nitrogens with zero attached hydrogens (tertiary/aromatic N) is 6. The molecule has 262 valence electrons. The molecular formula is C38H45FN8O3. The zero-order valence-corrected chi connectivity index (χ0v) is 28.8. The van der Waals surface area contributed by atoms with Gasteiger partial charge in [0.25, 0.3) is 0 Å². The smallest absolute Gasteiger partial charge is 0.319 e. The van der Waals surface area contributed by atoms with E-state index in [-0.39, 0.29) is 40.6 Å². The van der Waals surface area contributed by atoms with Gasteiger partial charge in [-0.3, -0.25) is 9.88 Å². The molecule has 6 heterocycles. The molecule has 4 aliphatic heterocycles. The van der Waals surface area contributed by atoms with Crippen molar-refractivity contribution >= 4 is 33.5 Å². The highest BCUT2D eigenvalue weighted by Crippen LogP contribution is 2.44. The van der Waals surface area contributed by atoms with Gasteiger partial charge in [-0.1, -0.05) is 12.1 Å². The number of fused-ring (bicyclic) bond motifs is 7. The molecule has 9 rings (SSSR count). The monoisotopic (exact) mass is 680 g/mol. The zero-order chi connectivity index (χ0) is 34.1. The summed E-state index contributed by atoms with van der Waals surface area (Å²) in [5.41, 5.74) is 3.24. The molecule has 12 heteroatoms. The number of amides is 2. The van der Waals surface area contributed by atoms with Crippen molar-refractivity contribution in [3.63, 3.8) is 0 Å². The minimum atomic E-state index is -0.533. The summed E-state index contributed by atoms with van der Waals surface area (Å²) in [6.07, 6.45) is 10.8. The van der Waals surface area contributed by atoms with Crippen molar-refractivity contribution in [2.45, 2.75) is 81.5 Å². The first kappa shape index (κ1) is 31.7. The molecule has 4 aromatic rings. The van der Waals surface area contributed by atoms with Crippen LogP contribution in [0.3, 0.4) is 0 Å². The lowest BCUT2D eigenvalue weighted by Crippen LogP contribution is -2.51. The van der Waals surface area contributed by atoms with E-state index in [0.717, 1.165) is 88.2 Å². The molecule has 50 heavy (non-hydrogen) atoms. The van der Waals surface area contributed by atoms with Gasteiger partial charge in [0.1, 0.15) is 29.4 Å². The van der Waals surface area contributed by atoms with Gasteiger partial charge in [-0.15, -0.1) is 0 Å². The fourth-order valence-corrected chi connectivity index (χ4v) is 9.61. The highest BCUT2D eigenvalue weighted by atomic mass is 19.1. The molecule has 2 amide bonds.